The van der Waals surface area contributed by atoms with Gasteiger partial charge in [0, 0.05) is 0 Å². The maximum absolute atomic E-state index is 0. The topological polar surface area (TPSA) is 219 Å². The SMILES string of the molecule is O.O.O.O.O.O.[Na+].[OH-]. The molecule has 0 saturated carbocycles. The molecule has 0 aromatic heterocycles. The van der Waals surface area contributed by atoms with Crippen molar-refractivity contribution in [1.29, 1.82) is 0 Å². The third-order valence-corrected chi connectivity index (χ3v) is 0. The zero-order valence-electron chi connectivity index (χ0n) is 4.45. The van der Waals surface area contributed by atoms with E-state index in [2.05, 4.69) is 0 Å². The van der Waals surface area contributed by atoms with Crippen LogP contribution in [0.4, 0.5) is 0 Å². The van der Waals surface area contributed by atoms with Gasteiger partial charge in [0.25, 0.3) is 0 Å². The van der Waals surface area contributed by atoms with Crippen molar-refractivity contribution < 1.29 is 67.9 Å². The van der Waals surface area contributed by atoms with Crippen molar-refractivity contribution >= 4 is 0 Å². The minimum Gasteiger partial charge on any atom is -0.870 e. The second-order valence-electron chi connectivity index (χ2n) is 0. The Bertz CT molecular complexity index is 4.35. The normalized spacial score (nSPS) is 0. The van der Waals surface area contributed by atoms with Crippen molar-refractivity contribution in [3.63, 3.8) is 0 Å². The first-order chi connectivity index (χ1) is 0. The maximum atomic E-state index is 0. The molecule has 0 spiro atoms. The molecule has 0 heterocycles. The minimum absolute atomic E-state index is 0. The van der Waals surface area contributed by atoms with Gasteiger partial charge in [-0.1, -0.05) is 0 Å². The number of hydrogen-bond donors (Lipinski definition) is 0. The molecule has 0 aliphatic carbocycles. The standard InChI is InChI=1S/Na.7H2O/h;7*1H2/q+1;;;;;;;/p-1. The Morgan fingerprint density at radius 1 is 0.375 bits per heavy atom. The number of rotatable bonds is 0. The molecule has 0 bridgehead atoms. The Labute approximate surface area is 68.1 Å². The predicted molar refractivity (Wildman–Crippen MR) is 23.6 cm³/mol. The molecule has 0 atom stereocenters. The average molecular weight is 148 g/mol. The van der Waals surface area contributed by atoms with E-state index in [-0.39, 0.29) is 67.9 Å². The molecular formula is H13NaO7. The van der Waals surface area contributed by atoms with Gasteiger partial charge in [-0.15, -0.1) is 0 Å². The van der Waals surface area contributed by atoms with E-state index in [0.29, 0.717) is 0 Å². The fraction of sp³-hybridized carbons (Fsp3) is 0. The van der Waals surface area contributed by atoms with Crippen LogP contribution >= 0.6 is 0 Å². The van der Waals surface area contributed by atoms with Crippen LogP contribution in [0, 0.1) is 0 Å². The van der Waals surface area contributed by atoms with E-state index in [4.69, 9.17) is 0 Å². The molecule has 8 heteroatoms. The van der Waals surface area contributed by atoms with E-state index in [1.54, 1.807) is 0 Å². The molecule has 0 radical (unpaired) electrons. The molecule has 13 N–H and O–H groups in total. The van der Waals surface area contributed by atoms with Crippen LogP contribution in [0.1, 0.15) is 0 Å². The van der Waals surface area contributed by atoms with Crippen LogP contribution in [-0.4, -0.2) is 38.3 Å². The molecule has 0 fully saturated rings. The van der Waals surface area contributed by atoms with Crippen LogP contribution in [0.25, 0.3) is 0 Å². The van der Waals surface area contributed by atoms with Crippen molar-refractivity contribution in [2.45, 2.75) is 0 Å². The van der Waals surface area contributed by atoms with Crippen molar-refractivity contribution in [3.05, 3.63) is 0 Å². The predicted octanol–water partition coefficient (Wildman–Crippen LogP) is -8.12. The van der Waals surface area contributed by atoms with Gasteiger partial charge in [-0.2, -0.15) is 0 Å². The van der Waals surface area contributed by atoms with Crippen LogP contribution in [0.15, 0.2) is 0 Å². The zero-order valence-corrected chi connectivity index (χ0v) is 6.45. The Morgan fingerprint density at radius 3 is 0.375 bits per heavy atom. The van der Waals surface area contributed by atoms with Gasteiger partial charge in [0.2, 0.25) is 0 Å². The summed E-state index contributed by atoms with van der Waals surface area (Å²) in [6.07, 6.45) is 0. The zero-order chi connectivity index (χ0) is 0. The molecule has 0 rings (SSSR count). The van der Waals surface area contributed by atoms with Crippen molar-refractivity contribution in [2.75, 3.05) is 0 Å². The van der Waals surface area contributed by atoms with Gasteiger partial charge in [0.05, 0.1) is 0 Å². The maximum Gasteiger partial charge on any atom is 1.00 e. The van der Waals surface area contributed by atoms with Gasteiger partial charge in [0.1, 0.15) is 0 Å². The Morgan fingerprint density at radius 2 is 0.375 bits per heavy atom. The van der Waals surface area contributed by atoms with E-state index < -0.39 is 0 Å². The van der Waals surface area contributed by atoms with Crippen molar-refractivity contribution in [2.24, 2.45) is 0 Å². The van der Waals surface area contributed by atoms with Crippen LogP contribution < -0.4 is 29.6 Å². The van der Waals surface area contributed by atoms with Crippen LogP contribution in [0.5, 0.6) is 0 Å². The van der Waals surface area contributed by atoms with E-state index in [1.807, 2.05) is 0 Å². The summed E-state index contributed by atoms with van der Waals surface area (Å²) >= 11 is 0. The Kier molecular flexibility index (Phi) is 84300. The Hall–Kier alpha value is 0.720. The molecule has 0 amide bonds. The monoisotopic (exact) mass is 148 g/mol. The quantitative estimate of drug-likeness (QED) is 0.300. The van der Waals surface area contributed by atoms with Gasteiger partial charge in [-0.05, 0) is 0 Å². The largest absolute Gasteiger partial charge is 1.00 e. The molecule has 0 aromatic rings. The van der Waals surface area contributed by atoms with Gasteiger partial charge in [0.15, 0.2) is 0 Å². The molecule has 0 aliphatic rings. The van der Waals surface area contributed by atoms with Crippen LogP contribution in [0.2, 0.25) is 0 Å². The first-order valence-corrected chi connectivity index (χ1v) is 0. The first-order valence-electron chi connectivity index (χ1n) is 0. The summed E-state index contributed by atoms with van der Waals surface area (Å²) in [4.78, 5) is 0. The van der Waals surface area contributed by atoms with Crippen LogP contribution in [0.3, 0.4) is 0 Å². The molecule has 0 unspecified atom stereocenters. The number of hydrogen-bond acceptors (Lipinski definition) is 1. The molecule has 0 aliphatic heterocycles. The van der Waals surface area contributed by atoms with E-state index in [0.717, 1.165) is 0 Å². The molecular weight excluding hydrogens is 135 g/mol. The second kappa shape index (κ2) is 672. The Balaban J connectivity index is 0. The second-order valence-corrected chi connectivity index (χ2v) is 0. The van der Waals surface area contributed by atoms with E-state index in [9.17, 15) is 0 Å². The summed E-state index contributed by atoms with van der Waals surface area (Å²) in [6.45, 7) is 0. The molecule has 0 aromatic carbocycles. The van der Waals surface area contributed by atoms with Crippen molar-refractivity contribution in [3.8, 4) is 0 Å². The summed E-state index contributed by atoms with van der Waals surface area (Å²) in [5.41, 5.74) is 0. The van der Waals surface area contributed by atoms with Crippen molar-refractivity contribution in [1.82, 2.24) is 0 Å². The van der Waals surface area contributed by atoms with Gasteiger partial charge < -0.3 is 38.3 Å². The molecule has 8 heavy (non-hydrogen) atoms. The molecule has 56 valence electrons. The van der Waals surface area contributed by atoms with Crippen LogP contribution in [-0.2, 0) is 0 Å². The summed E-state index contributed by atoms with van der Waals surface area (Å²) < 4.78 is 0. The first kappa shape index (κ1) is 1000. The summed E-state index contributed by atoms with van der Waals surface area (Å²) in [6, 6.07) is 0. The average Bonchev–Trinajstić information content (AvgIpc) is 0. The summed E-state index contributed by atoms with van der Waals surface area (Å²) in [5.74, 6) is 0. The smallest absolute Gasteiger partial charge is 0.870 e. The fourth-order valence-electron chi connectivity index (χ4n) is 0. The third-order valence-electron chi connectivity index (χ3n) is 0. The van der Waals surface area contributed by atoms with Gasteiger partial charge in [-0.25, -0.2) is 0 Å². The van der Waals surface area contributed by atoms with Gasteiger partial charge >= 0.3 is 29.6 Å². The summed E-state index contributed by atoms with van der Waals surface area (Å²) in [7, 11) is 0. The molecule has 0 saturated heterocycles. The van der Waals surface area contributed by atoms with E-state index in [1.165, 1.54) is 0 Å². The third kappa shape index (κ3) is 424. The van der Waals surface area contributed by atoms with Gasteiger partial charge in [-0.3, -0.25) is 0 Å². The summed E-state index contributed by atoms with van der Waals surface area (Å²) in [5, 5.41) is 0. The minimum atomic E-state index is 0. The van der Waals surface area contributed by atoms with E-state index >= 15 is 0 Å². The fourth-order valence-corrected chi connectivity index (χ4v) is 0. The molecule has 7 nitrogen and oxygen atoms in total.